The predicted octanol–water partition coefficient (Wildman–Crippen LogP) is 2.38. The Hall–Kier alpha value is -2.77. The molecule has 0 aliphatic heterocycles. The highest BCUT2D eigenvalue weighted by Crippen LogP contribution is 2.48. The largest absolute Gasteiger partial charge is 0.459 e. The number of ketones is 1. The van der Waals surface area contributed by atoms with Crippen molar-refractivity contribution in [1.29, 1.82) is 0 Å². The maximum atomic E-state index is 13.9. The zero-order chi connectivity index (χ0) is 19.3. The summed E-state index contributed by atoms with van der Waals surface area (Å²) >= 11 is 0. The van der Waals surface area contributed by atoms with Gasteiger partial charge in [-0.05, 0) is 51.7 Å². The number of oxazole rings is 1. The highest BCUT2D eigenvalue weighted by atomic mass is 19.1. The summed E-state index contributed by atoms with van der Waals surface area (Å²) in [4.78, 5) is 51.5. The van der Waals surface area contributed by atoms with E-state index >= 15 is 0 Å². The summed E-state index contributed by atoms with van der Waals surface area (Å²) in [6.45, 7) is 4.87. The second-order valence-electron chi connectivity index (χ2n) is 7.41. The summed E-state index contributed by atoms with van der Waals surface area (Å²) in [6.07, 6.45) is 1.30. The number of hydrogen-bond donors (Lipinski definition) is 1. The minimum Gasteiger partial charge on any atom is -0.459 e. The fourth-order valence-corrected chi connectivity index (χ4v) is 2.95. The van der Waals surface area contributed by atoms with E-state index in [1.165, 1.54) is 0 Å². The number of hydrogen-bond acceptors (Lipinski definition) is 6. The first-order valence-corrected chi connectivity index (χ1v) is 8.16. The number of esters is 1. The summed E-state index contributed by atoms with van der Waals surface area (Å²) < 4.78 is 24.1. The maximum absolute atomic E-state index is 13.9. The number of carbonyl (C=O) groups is 3. The van der Waals surface area contributed by atoms with Crippen molar-refractivity contribution in [3.05, 3.63) is 34.1 Å². The average molecular weight is 363 g/mol. The Labute approximate surface area is 147 Å². The van der Waals surface area contributed by atoms with Crippen LogP contribution in [-0.4, -0.2) is 28.6 Å². The van der Waals surface area contributed by atoms with Crippen LogP contribution in [0.15, 0.2) is 21.3 Å². The first-order valence-electron chi connectivity index (χ1n) is 8.16. The van der Waals surface area contributed by atoms with Crippen LogP contribution in [0.5, 0.6) is 0 Å². The third kappa shape index (κ3) is 2.85. The molecular weight excluding hydrogens is 345 g/mol. The van der Waals surface area contributed by atoms with Gasteiger partial charge in [0.25, 0.3) is 0 Å². The summed E-state index contributed by atoms with van der Waals surface area (Å²) in [7, 11) is 0. The smallest absolute Gasteiger partial charge is 0.417 e. The molecule has 2 aromatic rings. The lowest BCUT2D eigenvalue weighted by molar-refractivity contribution is -0.165. The monoisotopic (exact) mass is 363 g/mol. The number of ether oxygens (including phenoxy) is 1. The minimum atomic E-state index is -2.05. The Morgan fingerprint density at radius 3 is 2.50 bits per heavy atom. The van der Waals surface area contributed by atoms with E-state index in [2.05, 4.69) is 4.98 Å². The van der Waals surface area contributed by atoms with Crippen LogP contribution in [-0.2, 0) is 14.3 Å². The van der Waals surface area contributed by atoms with Crippen LogP contribution in [0.1, 0.15) is 44.0 Å². The molecule has 1 heterocycles. The van der Waals surface area contributed by atoms with E-state index in [0.717, 1.165) is 12.1 Å². The molecule has 0 radical (unpaired) electrons. The summed E-state index contributed by atoms with van der Waals surface area (Å²) in [5.41, 5.74) is -3.78. The van der Waals surface area contributed by atoms with E-state index in [1.54, 1.807) is 20.8 Å². The van der Waals surface area contributed by atoms with Crippen molar-refractivity contribution in [2.75, 3.05) is 0 Å². The van der Waals surface area contributed by atoms with E-state index in [-0.39, 0.29) is 16.7 Å². The molecule has 0 saturated heterocycles. The van der Waals surface area contributed by atoms with Crippen LogP contribution in [0.4, 0.5) is 4.39 Å². The van der Waals surface area contributed by atoms with E-state index in [0.29, 0.717) is 19.1 Å². The molecule has 8 heteroatoms. The highest BCUT2D eigenvalue weighted by molar-refractivity contribution is 6.25. The Morgan fingerprint density at radius 2 is 1.96 bits per heavy atom. The number of aldehydes is 1. The number of benzene rings is 1. The Morgan fingerprint density at radius 1 is 1.31 bits per heavy atom. The van der Waals surface area contributed by atoms with Gasteiger partial charge in [0.05, 0.1) is 5.56 Å². The summed E-state index contributed by atoms with van der Waals surface area (Å²) in [5, 5.41) is 0. The molecule has 1 aliphatic carbocycles. The molecule has 1 unspecified atom stereocenters. The van der Waals surface area contributed by atoms with E-state index in [9.17, 15) is 23.6 Å². The number of aromatic nitrogens is 1. The van der Waals surface area contributed by atoms with Gasteiger partial charge < -0.3 is 13.9 Å². The third-order valence-electron chi connectivity index (χ3n) is 4.29. The van der Waals surface area contributed by atoms with Gasteiger partial charge in [-0.1, -0.05) is 0 Å². The highest BCUT2D eigenvalue weighted by Gasteiger charge is 2.59. The Balaban J connectivity index is 2.16. The standard InChI is InChI=1S/C18H18FNO6/c1-17(2,3)26-15(23)18(8-21,9-4-5-9)14(22)10-6-7-11(19)12-13(10)25-16(24)20-12/h6-9H,4-5H2,1-3H3,(H,20,24). The number of nitrogens with one attached hydrogen (secondary N) is 1. The van der Waals surface area contributed by atoms with Gasteiger partial charge in [0.2, 0.25) is 0 Å². The van der Waals surface area contributed by atoms with Crippen molar-refractivity contribution in [3.63, 3.8) is 0 Å². The molecule has 0 bridgehead atoms. The number of fused-ring (bicyclic) bond motifs is 1. The quantitative estimate of drug-likeness (QED) is 0.378. The lowest BCUT2D eigenvalue weighted by atomic mass is 9.76. The predicted molar refractivity (Wildman–Crippen MR) is 88.2 cm³/mol. The van der Waals surface area contributed by atoms with Crippen LogP contribution in [0.25, 0.3) is 11.1 Å². The number of carbonyl (C=O) groups excluding carboxylic acids is 3. The molecule has 1 aliphatic rings. The number of aromatic amines is 1. The summed E-state index contributed by atoms with van der Waals surface area (Å²) in [5.74, 6) is -4.06. The number of H-pyrrole nitrogens is 1. The minimum absolute atomic E-state index is 0.218. The number of rotatable bonds is 5. The van der Waals surface area contributed by atoms with E-state index in [1.807, 2.05) is 0 Å². The molecule has 1 N–H and O–H groups in total. The molecule has 138 valence electrons. The summed E-state index contributed by atoms with van der Waals surface area (Å²) in [6, 6.07) is 2.07. The molecule has 1 aromatic heterocycles. The maximum Gasteiger partial charge on any atom is 0.417 e. The van der Waals surface area contributed by atoms with Gasteiger partial charge in [-0.25, -0.2) is 9.18 Å². The van der Waals surface area contributed by atoms with Crippen LogP contribution >= 0.6 is 0 Å². The lowest BCUT2D eigenvalue weighted by Gasteiger charge is -2.29. The van der Waals surface area contributed by atoms with Gasteiger partial charge in [-0.15, -0.1) is 0 Å². The van der Waals surface area contributed by atoms with Crippen molar-refractivity contribution in [1.82, 2.24) is 4.98 Å². The molecule has 1 fully saturated rings. The van der Waals surface area contributed by atoms with Crippen molar-refractivity contribution in [2.24, 2.45) is 11.3 Å². The van der Waals surface area contributed by atoms with Crippen LogP contribution in [0.3, 0.4) is 0 Å². The van der Waals surface area contributed by atoms with Crippen LogP contribution < -0.4 is 5.76 Å². The van der Waals surface area contributed by atoms with Crippen LogP contribution in [0.2, 0.25) is 0 Å². The molecule has 1 aromatic carbocycles. The lowest BCUT2D eigenvalue weighted by Crippen LogP contribution is -2.46. The first-order chi connectivity index (χ1) is 12.1. The van der Waals surface area contributed by atoms with Crippen molar-refractivity contribution in [3.8, 4) is 0 Å². The zero-order valence-electron chi connectivity index (χ0n) is 14.6. The molecule has 1 atom stereocenters. The number of halogens is 1. The van der Waals surface area contributed by atoms with Crippen molar-refractivity contribution in [2.45, 2.75) is 39.2 Å². The van der Waals surface area contributed by atoms with E-state index < -0.39 is 40.3 Å². The Kier molecular flexibility index (Phi) is 4.09. The van der Waals surface area contributed by atoms with Gasteiger partial charge in [0, 0.05) is 0 Å². The SMILES string of the molecule is CC(C)(C)OC(=O)C(C=O)(C(=O)c1ccc(F)c2[nH]c(=O)oc12)C1CC1. The van der Waals surface area contributed by atoms with Gasteiger partial charge in [-0.3, -0.25) is 14.6 Å². The van der Waals surface area contributed by atoms with Gasteiger partial charge in [0.15, 0.2) is 22.6 Å². The van der Waals surface area contributed by atoms with Gasteiger partial charge in [0.1, 0.15) is 17.4 Å². The molecule has 1 saturated carbocycles. The zero-order valence-corrected chi connectivity index (χ0v) is 14.6. The van der Waals surface area contributed by atoms with Crippen molar-refractivity contribution < 1.29 is 27.9 Å². The van der Waals surface area contributed by atoms with E-state index in [4.69, 9.17) is 9.15 Å². The average Bonchev–Trinajstić information content (AvgIpc) is 3.29. The molecule has 0 spiro atoms. The fraction of sp³-hybridized carbons (Fsp3) is 0.444. The second-order valence-corrected chi connectivity index (χ2v) is 7.41. The molecule has 3 rings (SSSR count). The van der Waals surface area contributed by atoms with Gasteiger partial charge >= 0.3 is 11.7 Å². The fourth-order valence-electron chi connectivity index (χ4n) is 2.95. The second kappa shape index (κ2) is 5.89. The Bertz CT molecular complexity index is 962. The molecule has 7 nitrogen and oxygen atoms in total. The molecule has 26 heavy (non-hydrogen) atoms. The molecule has 0 amide bonds. The van der Waals surface area contributed by atoms with Crippen molar-refractivity contribution >= 4 is 29.1 Å². The topological polar surface area (TPSA) is 106 Å². The van der Waals surface area contributed by atoms with Crippen LogP contribution in [0, 0.1) is 17.2 Å². The van der Waals surface area contributed by atoms with Gasteiger partial charge in [-0.2, -0.15) is 0 Å². The number of Topliss-reactive ketones (excluding diaryl/α,β-unsaturated/α-hetero) is 1. The normalized spacial score (nSPS) is 16.9. The molecular formula is C18H18FNO6. The third-order valence-corrected chi connectivity index (χ3v) is 4.29. The first kappa shape index (κ1) is 18.0.